The van der Waals surface area contributed by atoms with Crippen LogP contribution in [-0.2, 0) is 12.8 Å². The van der Waals surface area contributed by atoms with E-state index >= 15 is 0 Å². The fourth-order valence-electron chi connectivity index (χ4n) is 2.96. The Morgan fingerprint density at radius 1 is 0.913 bits per heavy atom. The molecule has 0 fully saturated rings. The van der Waals surface area contributed by atoms with Gasteiger partial charge in [0.15, 0.2) is 0 Å². The number of aryl methyl sites for hydroxylation is 1. The smallest absolute Gasteiger partial charge is 0.122 e. The predicted molar refractivity (Wildman–Crippen MR) is 99.6 cm³/mol. The Morgan fingerprint density at radius 3 is 2.35 bits per heavy atom. The number of benzene rings is 2. The fourth-order valence-corrected chi connectivity index (χ4v) is 2.96. The normalized spacial score (nSPS) is 12.4. The van der Waals surface area contributed by atoms with Gasteiger partial charge in [0.2, 0.25) is 0 Å². The molecule has 1 unspecified atom stereocenters. The number of hydrogen-bond donors (Lipinski definition) is 0. The molecule has 0 spiro atoms. The highest BCUT2D eigenvalue weighted by Gasteiger charge is 2.13. The van der Waals surface area contributed by atoms with E-state index in [4.69, 9.17) is 4.74 Å². The van der Waals surface area contributed by atoms with E-state index < -0.39 is 0 Å². The molecule has 23 heavy (non-hydrogen) atoms. The van der Waals surface area contributed by atoms with E-state index in [1.54, 1.807) is 0 Å². The maximum absolute atomic E-state index is 5.91. The minimum absolute atomic E-state index is 0.491. The van der Waals surface area contributed by atoms with Crippen molar-refractivity contribution in [2.45, 2.75) is 59.3 Å². The van der Waals surface area contributed by atoms with Gasteiger partial charge in [-0.2, -0.15) is 0 Å². The second-order valence-corrected chi connectivity index (χ2v) is 6.66. The standard InChI is InChI=1S/C22H30O/c1-6-18-9-8-10-20(14-18)17(5)13-21-12-11-19(16(3)4)15-22(21)23-7-2/h8-12,14-17H,6-7,13H2,1-5H3. The molecule has 0 N–H and O–H groups in total. The van der Waals surface area contributed by atoms with E-state index in [2.05, 4.69) is 77.1 Å². The topological polar surface area (TPSA) is 9.23 Å². The van der Waals surface area contributed by atoms with Crippen molar-refractivity contribution in [3.8, 4) is 5.75 Å². The number of rotatable bonds is 7. The van der Waals surface area contributed by atoms with Crippen LogP contribution in [0.4, 0.5) is 0 Å². The Morgan fingerprint density at radius 2 is 1.70 bits per heavy atom. The fraction of sp³-hybridized carbons (Fsp3) is 0.455. The molecule has 0 bridgehead atoms. The van der Waals surface area contributed by atoms with Gasteiger partial charge in [0.05, 0.1) is 6.61 Å². The van der Waals surface area contributed by atoms with E-state index in [1.165, 1.54) is 22.3 Å². The van der Waals surface area contributed by atoms with Crippen LogP contribution in [0.5, 0.6) is 5.75 Å². The Balaban J connectivity index is 2.23. The molecular formula is C22H30O. The summed E-state index contributed by atoms with van der Waals surface area (Å²) in [6, 6.07) is 15.7. The van der Waals surface area contributed by atoms with Crippen LogP contribution in [-0.4, -0.2) is 6.61 Å². The zero-order valence-corrected chi connectivity index (χ0v) is 15.2. The van der Waals surface area contributed by atoms with Gasteiger partial charge in [-0.15, -0.1) is 0 Å². The lowest BCUT2D eigenvalue weighted by Gasteiger charge is -2.18. The van der Waals surface area contributed by atoms with Crippen LogP contribution in [0.2, 0.25) is 0 Å². The van der Waals surface area contributed by atoms with Crippen molar-refractivity contribution < 1.29 is 4.74 Å². The minimum Gasteiger partial charge on any atom is -0.494 e. The third-order valence-electron chi connectivity index (χ3n) is 4.51. The summed E-state index contributed by atoms with van der Waals surface area (Å²) in [7, 11) is 0. The first kappa shape index (κ1) is 17.6. The summed E-state index contributed by atoms with van der Waals surface area (Å²) in [6.45, 7) is 11.7. The third-order valence-corrected chi connectivity index (χ3v) is 4.51. The Labute approximate surface area is 141 Å². The van der Waals surface area contributed by atoms with Gasteiger partial charge in [-0.05, 0) is 59.9 Å². The van der Waals surface area contributed by atoms with Gasteiger partial charge < -0.3 is 4.74 Å². The van der Waals surface area contributed by atoms with Gasteiger partial charge in [0.1, 0.15) is 5.75 Å². The van der Waals surface area contributed by atoms with Gasteiger partial charge in [-0.3, -0.25) is 0 Å². The second-order valence-electron chi connectivity index (χ2n) is 6.66. The zero-order chi connectivity index (χ0) is 16.8. The van der Waals surface area contributed by atoms with Gasteiger partial charge in [0, 0.05) is 0 Å². The first-order valence-electron chi connectivity index (χ1n) is 8.89. The third kappa shape index (κ3) is 4.60. The van der Waals surface area contributed by atoms with E-state index in [1.807, 2.05) is 0 Å². The lowest BCUT2D eigenvalue weighted by atomic mass is 9.90. The van der Waals surface area contributed by atoms with Crippen LogP contribution in [0.15, 0.2) is 42.5 Å². The molecule has 2 aromatic carbocycles. The first-order chi connectivity index (χ1) is 11.0. The highest BCUT2D eigenvalue weighted by Crippen LogP contribution is 2.30. The van der Waals surface area contributed by atoms with Gasteiger partial charge >= 0.3 is 0 Å². The van der Waals surface area contributed by atoms with Crippen LogP contribution in [0.25, 0.3) is 0 Å². The maximum Gasteiger partial charge on any atom is 0.122 e. The molecule has 0 radical (unpaired) electrons. The highest BCUT2D eigenvalue weighted by atomic mass is 16.5. The molecule has 0 amide bonds. The summed E-state index contributed by atoms with van der Waals surface area (Å²) in [5.74, 6) is 2.07. The summed E-state index contributed by atoms with van der Waals surface area (Å²) in [6.07, 6.45) is 2.11. The Kier molecular flexibility index (Phi) is 6.27. The number of ether oxygens (including phenoxy) is 1. The molecule has 0 saturated heterocycles. The van der Waals surface area contributed by atoms with Crippen LogP contribution < -0.4 is 4.74 Å². The quantitative estimate of drug-likeness (QED) is 0.599. The highest BCUT2D eigenvalue weighted by molar-refractivity contribution is 5.40. The SMILES string of the molecule is CCOc1cc(C(C)C)ccc1CC(C)c1cccc(CC)c1. The van der Waals surface area contributed by atoms with E-state index in [0.29, 0.717) is 18.4 Å². The average Bonchev–Trinajstić information content (AvgIpc) is 2.56. The minimum atomic E-state index is 0.491. The first-order valence-corrected chi connectivity index (χ1v) is 8.89. The molecule has 1 nitrogen and oxygen atoms in total. The van der Waals surface area contributed by atoms with Crippen LogP contribution in [0.1, 0.15) is 68.7 Å². The molecule has 0 heterocycles. The Bertz CT molecular complexity index is 628. The van der Waals surface area contributed by atoms with E-state index in [0.717, 1.165) is 18.6 Å². The second kappa shape index (κ2) is 8.19. The van der Waals surface area contributed by atoms with Crippen LogP contribution >= 0.6 is 0 Å². The van der Waals surface area contributed by atoms with Gasteiger partial charge in [-0.25, -0.2) is 0 Å². The summed E-state index contributed by atoms with van der Waals surface area (Å²) in [5, 5.41) is 0. The molecule has 0 aromatic heterocycles. The van der Waals surface area contributed by atoms with Crippen molar-refractivity contribution in [2.24, 2.45) is 0 Å². The largest absolute Gasteiger partial charge is 0.494 e. The van der Waals surface area contributed by atoms with Crippen molar-refractivity contribution in [1.82, 2.24) is 0 Å². The molecule has 0 aliphatic rings. The van der Waals surface area contributed by atoms with Crippen LogP contribution in [0, 0.1) is 0 Å². The molecule has 124 valence electrons. The average molecular weight is 310 g/mol. The molecule has 2 aromatic rings. The molecular weight excluding hydrogens is 280 g/mol. The molecule has 0 saturated carbocycles. The van der Waals surface area contributed by atoms with Gasteiger partial charge in [-0.1, -0.05) is 64.1 Å². The van der Waals surface area contributed by atoms with Crippen molar-refractivity contribution in [3.63, 3.8) is 0 Å². The van der Waals surface area contributed by atoms with Gasteiger partial charge in [0.25, 0.3) is 0 Å². The monoisotopic (exact) mass is 310 g/mol. The molecule has 1 atom stereocenters. The summed E-state index contributed by atoms with van der Waals surface area (Å²) >= 11 is 0. The zero-order valence-electron chi connectivity index (χ0n) is 15.2. The molecule has 0 aliphatic heterocycles. The van der Waals surface area contributed by atoms with E-state index in [-0.39, 0.29) is 0 Å². The summed E-state index contributed by atoms with van der Waals surface area (Å²) in [4.78, 5) is 0. The molecule has 1 heteroatoms. The summed E-state index contributed by atoms with van der Waals surface area (Å²) < 4.78 is 5.91. The van der Waals surface area contributed by atoms with Crippen molar-refractivity contribution in [3.05, 3.63) is 64.7 Å². The Hall–Kier alpha value is -1.76. The molecule has 2 rings (SSSR count). The number of hydrogen-bond acceptors (Lipinski definition) is 1. The van der Waals surface area contributed by atoms with Crippen molar-refractivity contribution in [1.29, 1.82) is 0 Å². The van der Waals surface area contributed by atoms with E-state index in [9.17, 15) is 0 Å². The van der Waals surface area contributed by atoms with Crippen LogP contribution in [0.3, 0.4) is 0 Å². The lowest BCUT2D eigenvalue weighted by Crippen LogP contribution is -2.04. The predicted octanol–water partition coefficient (Wildman–Crippen LogP) is 6.12. The lowest BCUT2D eigenvalue weighted by molar-refractivity contribution is 0.335. The summed E-state index contributed by atoms with van der Waals surface area (Å²) in [5.41, 5.74) is 5.48. The van der Waals surface area contributed by atoms with Crippen molar-refractivity contribution >= 4 is 0 Å². The molecule has 0 aliphatic carbocycles. The maximum atomic E-state index is 5.91. The van der Waals surface area contributed by atoms with Crippen molar-refractivity contribution in [2.75, 3.05) is 6.61 Å².